The van der Waals surface area contributed by atoms with Gasteiger partial charge < -0.3 is 14.6 Å². The first-order valence-electron chi connectivity index (χ1n) is 10.6. The number of carbonyl (C=O) groups is 2. The molecule has 1 aromatic carbocycles. The van der Waals surface area contributed by atoms with Crippen LogP contribution in [0.5, 0.6) is 0 Å². The minimum Gasteiger partial charge on any atom is -0.456 e. The Balaban J connectivity index is 1.30. The number of likely N-dealkylation sites (tertiary alicyclic amines) is 1. The second-order valence-corrected chi connectivity index (χ2v) is 9.93. The highest BCUT2D eigenvalue weighted by molar-refractivity contribution is 5.81. The van der Waals surface area contributed by atoms with Crippen LogP contribution in [0.4, 0.5) is 0 Å². The summed E-state index contributed by atoms with van der Waals surface area (Å²) in [6.07, 6.45) is 3.44. The lowest BCUT2D eigenvalue weighted by molar-refractivity contribution is -0.152. The average molecular weight is 412 g/mol. The fraction of sp³-hybridized carbons (Fsp3) is 0.565. The minimum atomic E-state index is -0.465. The third-order valence-corrected chi connectivity index (χ3v) is 6.32. The van der Waals surface area contributed by atoms with Crippen LogP contribution in [0.15, 0.2) is 29.1 Å². The van der Waals surface area contributed by atoms with Gasteiger partial charge in [0, 0.05) is 19.0 Å². The summed E-state index contributed by atoms with van der Waals surface area (Å²) in [6.45, 7) is 7.28. The number of esters is 1. The van der Waals surface area contributed by atoms with Crippen LogP contribution in [0.25, 0.3) is 10.9 Å². The minimum absolute atomic E-state index is 0.0583. The van der Waals surface area contributed by atoms with Crippen LogP contribution in [0, 0.1) is 10.8 Å². The molecule has 0 unspecified atom stereocenters. The lowest BCUT2D eigenvalue weighted by Crippen LogP contribution is -2.39. The van der Waals surface area contributed by atoms with Gasteiger partial charge in [-0.3, -0.25) is 14.4 Å². The number of ether oxygens (including phenoxy) is 1. The number of rotatable bonds is 5. The summed E-state index contributed by atoms with van der Waals surface area (Å²) < 4.78 is 5.24. The fourth-order valence-corrected chi connectivity index (χ4v) is 5.52. The summed E-state index contributed by atoms with van der Waals surface area (Å²) in [4.78, 5) is 46.0. The molecule has 2 aliphatic rings. The quantitative estimate of drug-likeness (QED) is 0.764. The molecule has 2 atom stereocenters. The number of hydrogen-bond donors (Lipinski definition) is 1. The maximum atomic E-state index is 12.7. The molecule has 7 heteroatoms. The first kappa shape index (κ1) is 20.6. The standard InChI is InChI=1S/C23H29N3O4/c1-22(2)10-15-11-23(3,13-22)14-26(15)19(27)12-30-20(28)9-8-18-24-17-7-5-4-6-16(17)21(29)25-18/h4-7,15H,8-14H2,1-3H3,(H,24,25,29)/t15-,23-/m1/s1. The van der Waals surface area contributed by atoms with Crippen LogP contribution < -0.4 is 5.56 Å². The largest absolute Gasteiger partial charge is 0.456 e. The van der Waals surface area contributed by atoms with Crippen molar-refractivity contribution in [2.24, 2.45) is 10.8 Å². The van der Waals surface area contributed by atoms with Crippen molar-refractivity contribution in [1.29, 1.82) is 0 Å². The van der Waals surface area contributed by atoms with Gasteiger partial charge >= 0.3 is 5.97 Å². The average Bonchev–Trinajstić information content (AvgIpc) is 2.93. The second-order valence-electron chi connectivity index (χ2n) is 9.93. The van der Waals surface area contributed by atoms with E-state index in [0.29, 0.717) is 16.7 Å². The van der Waals surface area contributed by atoms with E-state index in [1.807, 2.05) is 11.0 Å². The Bertz CT molecular complexity index is 1040. The van der Waals surface area contributed by atoms with Crippen LogP contribution in [0.1, 0.15) is 52.3 Å². The van der Waals surface area contributed by atoms with Gasteiger partial charge in [0.05, 0.1) is 17.3 Å². The number of benzene rings is 1. The van der Waals surface area contributed by atoms with E-state index in [9.17, 15) is 14.4 Å². The summed E-state index contributed by atoms with van der Waals surface area (Å²) >= 11 is 0. The summed E-state index contributed by atoms with van der Waals surface area (Å²) in [7, 11) is 0. The molecule has 1 saturated carbocycles. The molecule has 160 valence electrons. The third-order valence-electron chi connectivity index (χ3n) is 6.32. The molecule has 7 nitrogen and oxygen atoms in total. The Hall–Kier alpha value is -2.70. The molecule has 1 aromatic heterocycles. The van der Waals surface area contributed by atoms with Crippen LogP contribution in [-0.2, 0) is 20.7 Å². The lowest BCUT2D eigenvalue weighted by Gasteiger charge is -2.39. The monoisotopic (exact) mass is 411 g/mol. The number of amides is 1. The van der Waals surface area contributed by atoms with Crippen molar-refractivity contribution < 1.29 is 14.3 Å². The van der Waals surface area contributed by atoms with Crippen LogP contribution in [0.3, 0.4) is 0 Å². The van der Waals surface area contributed by atoms with E-state index < -0.39 is 5.97 Å². The topological polar surface area (TPSA) is 92.4 Å². The number of fused-ring (bicyclic) bond motifs is 3. The van der Waals surface area contributed by atoms with Crippen LogP contribution >= 0.6 is 0 Å². The van der Waals surface area contributed by atoms with Gasteiger partial charge in [0.2, 0.25) is 0 Å². The zero-order valence-electron chi connectivity index (χ0n) is 17.9. The van der Waals surface area contributed by atoms with Crippen molar-refractivity contribution in [3.05, 3.63) is 40.4 Å². The maximum absolute atomic E-state index is 12.7. The SMILES string of the molecule is CC1(C)C[C@@H]2C[C@@](C)(CN2C(=O)COC(=O)CCc2nc3ccccc3c(=O)[nH]2)C1. The first-order valence-corrected chi connectivity index (χ1v) is 10.6. The summed E-state index contributed by atoms with van der Waals surface area (Å²) in [5.74, 6) is -0.148. The van der Waals surface area contributed by atoms with Gasteiger partial charge in [-0.15, -0.1) is 0 Å². The Morgan fingerprint density at radius 2 is 2.00 bits per heavy atom. The van der Waals surface area contributed by atoms with E-state index in [0.717, 1.165) is 25.8 Å². The molecule has 2 heterocycles. The van der Waals surface area contributed by atoms with Crippen molar-refractivity contribution in [3.8, 4) is 0 Å². The Labute approximate surface area is 175 Å². The van der Waals surface area contributed by atoms with E-state index in [-0.39, 0.29) is 47.8 Å². The van der Waals surface area contributed by atoms with Crippen molar-refractivity contribution >= 4 is 22.8 Å². The highest BCUT2D eigenvalue weighted by atomic mass is 16.5. The van der Waals surface area contributed by atoms with Crippen LogP contribution in [-0.4, -0.2) is 45.9 Å². The van der Waals surface area contributed by atoms with Gasteiger partial charge in [-0.25, -0.2) is 4.98 Å². The fourth-order valence-electron chi connectivity index (χ4n) is 5.52. The number of para-hydroxylation sites is 1. The van der Waals surface area contributed by atoms with E-state index in [1.165, 1.54) is 0 Å². The number of aromatic amines is 1. The summed E-state index contributed by atoms with van der Waals surface area (Å²) in [5.41, 5.74) is 0.749. The molecular weight excluding hydrogens is 382 g/mol. The van der Waals surface area contributed by atoms with Crippen molar-refractivity contribution in [2.75, 3.05) is 13.2 Å². The molecule has 2 bridgehead atoms. The Morgan fingerprint density at radius 1 is 1.23 bits per heavy atom. The van der Waals surface area contributed by atoms with E-state index in [2.05, 4.69) is 30.7 Å². The van der Waals surface area contributed by atoms with Crippen LogP contribution in [0.2, 0.25) is 0 Å². The predicted octanol–water partition coefficient (Wildman–Crippen LogP) is 2.83. The zero-order chi connectivity index (χ0) is 21.5. The van der Waals surface area contributed by atoms with Gasteiger partial charge in [0.25, 0.3) is 11.5 Å². The smallest absolute Gasteiger partial charge is 0.306 e. The zero-order valence-corrected chi connectivity index (χ0v) is 17.9. The molecule has 1 N–H and O–H groups in total. The highest BCUT2D eigenvalue weighted by Gasteiger charge is 2.50. The molecule has 2 aromatic rings. The highest BCUT2D eigenvalue weighted by Crippen LogP contribution is 2.52. The normalized spacial score (nSPS) is 24.8. The van der Waals surface area contributed by atoms with Gasteiger partial charge in [-0.2, -0.15) is 0 Å². The predicted molar refractivity (Wildman–Crippen MR) is 113 cm³/mol. The molecular formula is C23H29N3O4. The van der Waals surface area contributed by atoms with E-state index in [4.69, 9.17) is 4.74 Å². The van der Waals surface area contributed by atoms with Gasteiger partial charge in [0.1, 0.15) is 5.82 Å². The van der Waals surface area contributed by atoms with Crippen molar-refractivity contribution in [2.45, 2.75) is 58.9 Å². The molecule has 1 aliphatic carbocycles. The van der Waals surface area contributed by atoms with E-state index in [1.54, 1.807) is 18.2 Å². The number of nitrogens with zero attached hydrogens (tertiary/aromatic N) is 2. The number of hydrogen-bond acceptors (Lipinski definition) is 5. The van der Waals surface area contributed by atoms with Gasteiger partial charge in [-0.1, -0.05) is 32.9 Å². The molecule has 1 saturated heterocycles. The van der Waals surface area contributed by atoms with Crippen molar-refractivity contribution in [1.82, 2.24) is 14.9 Å². The molecule has 0 radical (unpaired) electrons. The summed E-state index contributed by atoms with van der Waals surface area (Å²) in [6, 6.07) is 7.30. The van der Waals surface area contributed by atoms with E-state index >= 15 is 0 Å². The first-order chi connectivity index (χ1) is 14.1. The molecule has 2 fully saturated rings. The maximum Gasteiger partial charge on any atom is 0.306 e. The number of aryl methyl sites for hydroxylation is 1. The lowest BCUT2D eigenvalue weighted by atomic mass is 9.65. The number of aromatic nitrogens is 2. The molecule has 4 rings (SSSR count). The van der Waals surface area contributed by atoms with Gasteiger partial charge in [0.15, 0.2) is 6.61 Å². The number of carbonyl (C=O) groups excluding carboxylic acids is 2. The molecule has 1 amide bonds. The summed E-state index contributed by atoms with van der Waals surface area (Å²) in [5, 5.41) is 0.516. The molecule has 30 heavy (non-hydrogen) atoms. The van der Waals surface area contributed by atoms with Gasteiger partial charge in [-0.05, 0) is 42.2 Å². The molecule has 1 aliphatic heterocycles. The second kappa shape index (κ2) is 7.52. The third kappa shape index (κ3) is 4.25. The number of H-pyrrole nitrogens is 1. The molecule has 0 spiro atoms. The Morgan fingerprint density at radius 3 is 2.80 bits per heavy atom. The van der Waals surface area contributed by atoms with Crippen molar-refractivity contribution in [3.63, 3.8) is 0 Å². The Kier molecular flexibility index (Phi) is 5.16. The number of nitrogens with one attached hydrogen (secondary N) is 1.